The normalized spacial score (nSPS) is 18.7. The molecular weight excluding hydrogens is 403 g/mol. The molecule has 0 spiro atoms. The van der Waals surface area contributed by atoms with Crippen LogP contribution in [0.5, 0.6) is 0 Å². The van der Waals surface area contributed by atoms with Crippen LogP contribution in [0.25, 0.3) is 0 Å². The van der Waals surface area contributed by atoms with Crippen molar-refractivity contribution in [2.24, 2.45) is 0 Å². The number of ether oxygens (including phenoxy) is 1. The zero-order valence-electron chi connectivity index (χ0n) is 16.9. The first-order valence-electron chi connectivity index (χ1n) is 9.43. The van der Waals surface area contributed by atoms with Crippen LogP contribution in [0.2, 0.25) is 0 Å². The van der Waals surface area contributed by atoms with Crippen molar-refractivity contribution in [2.45, 2.75) is 50.6 Å². The van der Waals surface area contributed by atoms with Crippen LogP contribution in [-0.2, 0) is 21.1 Å². The van der Waals surface area contributed by atoms with Crippen molar-refractivity contribution in [3.8, 4) is 0 Å². The van der Waals surface area contributed by atoms with E-state index in [4.69, 9.17) is 9.26 Å². The third-order valence-corrected chi connectivity index (χ3v) is 5.07. The summed E-state index contributed by atoms with van der Waals surface area (Å²) < 4.78 is 48.9. The van der Waals surface area contributed by atoms with Crippen LogP contribution in [0.3, 0.4) is 0 Å². The number of carbonyl (C=O) groups is 1. The van der Waals surface area contributed by atoms with E-state index in [9.17, 15) is 23.1 Å². The summed E-state index contributed by atoms with van der Waals surface area (Å²) in [6.07, 6.45) is -5.14. The number of rotatable bonds is 7. The quantitative estimate of drug-likeness (QED) is 0.658. The second kappa shape index (κ2) is 8.27. The van der Waals surface area contributed by atoms with Crippen LogP contribution in [-0.4, -0.2) is 42.2 Å². The highest BCUT2D eigenvalue weighted by atomic mass is 19.4. The van der Waals surface area contributed by atoms with Gasteiger partial charge in [-0.3, -0.25) is 4.79 Å². The van der Waals surface area contributed by atoms with Gasteiger partial charge in [-0.2, -0.15) is 13.2 Å². The fourth-order valence-corrected chi connectivity index (χ4v) is 3.49. The van der Waals surface area contributed by atoms with Crippen molar-refractivity contribution in [1.82, 2.24) is 5.16 Å². The van der Waals surface area contributed by atoms with Gasteiger partial charge in [0.2, 0.25) is 5.91 Å². The van der Waals surface area contributed by atoms with Crippen LogP contribution in [0.15, 0.2) is 34.9 Å². The average molecular weight is 427 g/mol. The highest BCUT2D eigenvalue weighted by molar-refractivity contribution is 5.96. The number of amides is 1. The molecule has 2 heterocycles. The lowest BCUT2D eigenvalue weighted by Gasteiger charge is -2.29. The van der Waals surface area contributed by atoms with Crippen LogP contribution in [0.1, 0.15) is 38.0 Å². The van der Waals surface area contributed by atoms with Crippen molar-refractivity contribution >= 4 is 17.4 Å². The summed E-state index contributed by atoms with van der Waals surface area (Å²) in [7, 11) is 1.58. The number of nitrogens with one attached hydrogen (secondary N) is 1. The van der Waals surface area contributed by atoms with Crippen LogP contribution in [0, 0.1) is 0 Å². The van der Waals surface area contributed by atoms with Crippen LogP contribution in [0.4, 0.5) is 24.7 Å². The Kier molecular flexibility index (Phi) is 6.09. The first-order valence-corrected chi connectivity index (χ1v) is 9.43. The molecule has 2 aromatic rings. The molecule has 164 valence electrons. The van der Waals surface area contributed by atoms with Gasteiger partial charge in [0, 0.05) is 30.7 Å². The van der Waals surface area contributed by atoms with Gasteiger partial charge in [0.15, 0.2) is 5.82 Å². The molecule has 0 saturated carbocycles. The largest absolute Gasteiger partial charge is 0.416 e. The Morgan fingerprint density at radius 2 is 2.00 bits per heavy atom. The molecule has 2 atom stereocenters. The Bertz CT molecular complexity index is 880. The number of anilines is 2. The number of benzene rings is 1. The summed E-state index contributed by atoms with van der Waals surface area (Å²) in [4.78, 5) is 13.7. The number of hydrogen-bond donors (Lipinski definition) is 2. The minimum Gasteiger partial charge on any atom is -0.384 e. The van der Waals surface area contributed by atoms with E-state index in [1.54, 1.807) is 13.2 Å². The first-order chi connectivity index (χ1) is 14.0. The van der Waals surface area contributed by atoms with E-state index in [1.165, 1.54) is 17.0 Å². The second-order valence-electron chi connectivity index (χ2n) is 7.90. The summed E-state index contributed by atoms with van der Waals surface area (Å²) in [5.41, 5.74) is -0.942. The molecule has 1 aromatic carbocycles. The van der Waals surface area contributed by atoms with Gasteiger partial charge in [-0.1, -0.05) is 19.0 Å². The lowest BCUT2D eigenvalue weighted by molar-refractivity contribution is -0.137. The summed E-state index contributed by atoms with van der Waals surface area (Å²) in [5.74, 6) is 0.567. The molecule has 0 aliphatic carbocycles. The molecule has 30 heavy (non-hydrogen) atoms. The first kappa shape index (κ1) is 22.1. The van der Waals surface area contributed by atoms with E-state index in [0.29, 0.717) is 24.5 Å². The highest BCUT2D eigenvalue weighted by Gasteiger charge is 2.38. The predicted octanol–water partition coefficient (Wildman–Crippen LogP) is 3.54. The Morgan fingerprint density at radius 3 is 2.60 bits per heavy atom. The fourth-order valence-electron chi connectivity index (χ4n) is 3.49. The minimum atomic E-state index is -4.46. The lowest BCUT2D eigenvalue weighted by Crippen LogP contribution is -2.45. The molecule has 1 amide bonds. The standard InChI is InChI=1S/C20H24F3N3O4/c1-19(2,11-29-3)15-10-16(25-30-15)24-18(28)14-8-9-17(27)26(14)13-6-4-12(5-7-13)20(21,22)23/h4-7,10,14,18,28H,8-9,11H2,1-3H3,(H,24,25)/t14-,18?/m0/s1. The zero-order valence-corrected chi connectivity index (χ0v) is 16.9. The van der Waals surface area contributed by atoms with E-state index < -0.39 is 29.4 Å². The topological polar surface area (TPSA) is 87.8 Å². The van der Waals surface area contributed by atoms with E-state index >= 15 is 0 Å². The summed E-state index contributed by atoms with van der Waals surface area (Å²) in [6.45, 7) is 4.24. The smallest absolute Gasteiger partial charge is 0.384 e. The third-order valence-electron chi connectivity index (χ3n) is 5.07. The third kappa shape index (κ3) is 4.59. The molecule has 1 aliphatic heterocycles. The molecule has 1 saturated heterocycles. The van der Waals surface area contributed by atoms with Gasteiger partial charge < -0.3 is 24.6 Å². The number of halogens is 3. The number of aliphatic hydroxyl groups excluding tert-OH is 1. The van der Waals surface area contributed by atoms with Gasteiger partial charge in [0.05, 0.1) is 18.2 Å². The van der Waals surface area contributed by atoms with E-state index in [-0.39, 0.29) is 18.1 Å². The van der Waals surface area contributed by atoms with Crippen LogP contribution < -0.4 is 10.2 Å². The molecule has 2 N–H and O–H groups in total. The number of hydrogen-bond acceptors (Lipinski definition) is 6. The van der Waals surface area contributed by atoms with Gasteiger partial charge >= 0.3 is 6.18 Å². The monoisotopic (exact) mass is 427 g/mol. The Hall–Kier alpha value is -2.59. The molecule has 7 nitrogen and oxygen atoms in total. The van der Waals surface area contributed by atoms with Crippen molar-refractivity contribution in [3.63, 3.8) is 0 Å². The average Bonchev–Trinajstić information content (AvgIpc) is 3.28. The number of nitrogens with zero attached hydrogens (tertiary/aromatic N) is 2. The van der Waals surface area contributed by atoms with Gasteiger partial charge in [0.25, 0.3) is 0 Å². The molecule has 0 radical (unpaired) electrons. The SMILES string of the molecule is COCC(C)(C)c1cc(NC(O)[C@@H]2CCC(=O)N2c2ccc(C(F)(F)F)cc2)no1. The number of carbonyl (C=O) groups excluding carboxylic acids is 1. The fraction of sp³-hybridized carbons (Fsp3) is 0.500. The van der Waals surface area contributed by atoms with Gasteiger partial charge in [-0.15, -0.1) is 0 Å². The van der Waals surface area contributed by atoms with Crippen molar-refractivity contribution in [3.05, 3.63) is 41.7 Å². The minimum absolute atomic E-state index is 0.176. The van der Waals surface area contributed by atoms with E-state index in [1.807, 2.05) is 13.8 Å². The van der Waals surface area contributed by atoms with Gasteiger partial charge in [0.1, 0.15) is 12.0 Å². The molecule has 3 rings (SSSR count). The number of methoxy groups -OCH3 is 1. The Labute approximate surface area is 171 Å². The summed E-state index contributed by atoms with van der Waals surface area (Å²) in [5, 5.41) is 17.4. The molecular formula is C20H24F3N3O4. The molecule has 10 heteroatoms. The predicted molar refractivity (Wildman–Crippen MR) is 103 cm³/mol. The molecule has 1 fully saturated rings. The molecule has 0 bridgehead atoms. The zero-order chi connectivity index (χ0) is 22.1. The van der Waals surface area contributed by atoms with Crippen molar-refractivity contribution < 1.29 is 32.3 Å². The molecule has 1 aromatic heterocycles. The highest BCUT2D eigenvalue weighted by Crippen LogP contribution is 2.34. The summed E-state index contributed by atoms with van der Waals surface area (Å²) in [6, 6.07) is 5.27. The van der Waals surface area contributed by atoms with Gasteiger partial charge in [-0.05, 0) is 30.7 Å². The second-order valence-corrected chi connectivity index (χ2v) is 7.90. The summed E-state index contributed by atoms with van der Waals surface area (Å²) >= 11 is 0. The number of aromatic nitrogens is 1. The lowest BCUT2D eigenvalue weighted by atomic mass is 9.91. The van der Waals surface area contributed by atoms with E-state index in [2.05, 4.69) is 10.5 Å². The molecule has 1 aliphatic rings. The van der Waals surface area contributed by atoms with E-state index in [0.717, 1.165) is 12.1 Å². The Balaban J connectivity index is 1.75. The maximum atomic E-state index is 12.8. The van der Waals surface area contributed by atoms with Crippen LogP contribution >= 0.6 is 0 Å². The Morgan fingerprint density at radius 1 is 1.33 bits per heavy atom. The molecule has 1 unspecified atom stereocenters. The van der Waals surface area contributed by atoms with Crippen molar-refractivity contribution in [1.29, 1.82) is 0 Å². The number of alkyl halides is 3. The van der Waals surface area contributed by atoms with Crippen molar-refractivity contribution in [2.75, 3.05) is 23.9 Å². The maximum absolute atomic E-state index is 12.8. The number of aliphatic hydroxyl groups is 1. The van der Waals surface area contributed by atoms with Gasteiger partial charge in [-0.25, -0.2) is 0 Å². The maximum Gasteiger partial charge on any atom is 0.416 e.